The van der Waals surface area contributed by atoms with Crippen LogP contribution in [0.3, 0.4) is 0 Å². The Morgan fingerprint density at radius 3 is 2.68 bits per heavy atom. The number of halogens is 1. The maximum absolute atomic E-state index is 11.7. The van der Waals surface area contributed by atoms with Crippen LogP contribution in [0.5, 0.6) is 0 Å². The number of para-hydroxylation sites is 1. The highest BCUT2D eigenvalue weighted by molar-refractivity contribution is 9.10. The van der Waals surface area contributed by atoms with Crippen molar-refractivity contribution in [3.63, 3.8) is 0 Å². The van der Waals surface area contributed by atoms with Crippen molar-refractivity contribution < 1.29 is 14.7 Å². The van der Waals surface area contributed by atoms with Crippen molar-refractivity contribution >= 4 is 33.6 Å². The zero-order chi connectivity index (χ0) is 14.3. The van der Waals surface area contributed by atoms with Crippen molar-refractivity contribution in [3.8, 4) is 0 Å². The number of carbonyl (C=O) groups excluding carboxylic acids is 1. The molecule has 1 aromatic carbocycles. The van der Waals surface area contributed by atoms with E-state index in [0.29, 0.717) is 11.0 Å². The number of carboxylic acids is 1. The average Bonchev–Trinajstić information content (AvgIpc) is 2.37. The second-order valence-corrected chi connectivity index (χ2v) is 4.91. The molecule has 5 nitrogen and oxygen atoms in total. The van der Waals surface area contributed by atoms with Crippen molar-refractivity contribution in [3.05, 3.63) is 28.2 Å². The lowest BCUT2D eigenvalue weighted by molar-refractivity contribution is 0.0698. The van der Waals surface area contributed by atoms with E-state index in [2.05, 4.69) is 33.5 Å². The Balaban J connectivity index is 2.66. The van der Waals surface area contributed by atoms with Crippen molar-refractivity contribution in [2.24, 2.45) is 0 Å². The number of amides is 2. The van der Waals surface area contributed by atoms with Crippen molar-refractivity contribution in [1.82, 2.24) is 5.32 Å². The number of hydrogen-bond acceptors (Lipinski definition) is 2. The first-order valence-electron chi connectivity index (χ1n) is 6.13. The molecule has 0 unspecified atom stereocenters. The lowest BCUT2D eigenvalue weighted by Crippen LogP contribution is -2.30. The fraction of sp³-hybridized carbons (Fsp3) is 0.385. The summed E-state index contributed by atoms with van der Waals surface area (Å²) in [6, 6.07) is 4.34. The average molecular weight is 329 g/mol. The zero-order valence-corrected chi connectivity index (χ0v) is 12.3. The molecular formula is C13H17BrN2O3. The van der Waals surface area contributed by atoms with Gasteiger partial charge in [-0.3, -0.25) is 0 Å². The van der Waals surface area contributed by atoms with Gasteiger partial charge in [-0.15, -0.1) is 0 Å². The van der Waals surface area contributed by atoms with E-state index in [1.54, 1.807) is 12.1 Å². The van der Waals surface area contributed by atoms with E-state index in [1.807, 2.05) is 0 Å². The molecule has 1 aromatic rings. The minimum absolute atomic E-state index is 0.0538. The SMILES string of the molecule is CCCCCNC(=O)Nc1c(Br)cccc1C(=O)O. The van der Waals surface area contributed by atoms with Gasteiger partial charge in [-0.1, -0.05) is 25.8 Å². The van der Waals surface area contributed by atoms with E-state index >= 15 is 0 Å². The Hall–Kier alpha value is -1.56. The maximum Gasteiger partial charge on any atom is 0.337 e. The first-order chi connectivity index (χ1) is 9.06. The van der Waals surface area contributed by atoms with Crippen LogP contribution in [0.1, 0.15) is 36.5 Å². The van der Waals surface area contributed by atoms with Crippen LogP contribution in [0, 0.1) is 0 Å². The molecule has 0 saturated heterocycles. The third-order valence-corrected chi connectivity index (χ3v) is 3.21. The summed E-state index contributed by atoms with van der Waals surface area (Å²) in [4.78, 5) is 22.7. The van der Waals surface area contributed by atoms with Gasteiger partial charge >= 0.3 is 12.0 Å². The first-order valence-corrected chi connectivity index (χ1v) is 6.92. The molecule has 0 saturated carbocycles. The number of nitrogens with one attached hydrogen (secondary N) is 2. The largest absolute Gasteiger partial charge is 0.478 e. The van der Waals surface area contributed by atoms with Crippen LogP contribution in [0.15, 0.2) is 22.7 Å². The smallest absolute Gasteiger partial charge is 0.337 e. The lowest BCUT2D eigenvalue weighted by atomic mass is 10.2. The van der Waals surface area contributed by atoms with Crippen LogP contribution >= 0.6 is 15.9 Å². The minimum atomic E-state index is -1.08. The highest BCUT2D eigenvalue weighted by atomic mass is 79.9. The molecule has 0 fully saturated rings. The standard InChI is InChI=1S/C13H17BrN2O3/c1-2-3-4-8-15-13(19)16-11-9(12(17)18)6-5-7-10(11)14/h5-7H,2-4,8H2,1H3,(H,17,18)(H2,15,16,19). The summed E-state index contributed by atoms with van der Waals surface area (Å²) in [5.74, 6) is -1.08. The second kappa shape index (κ2) is 7.78. The topological polar surface area (TPSA) is 78.4 Å². The van der Waals surface area contributed by atoms with Gasteiger partial charge in [-0.2, -0.15) is 0 Å². The van der Waals surface area contributed by atoms with Crippen LogP contribution in [-0.2, 0) is 0 Å². The number of carbonyl (C=O) groups is 2. The molecule has 0 heterocycles. The highest BCUT2D eigenvalue weighted by Gasteiger charge is 2.14. The highest BCUT2D eigenvalue weighted by Crippen LogP contribution is 2.26. The number of benzene rings is 1. The molecule has 0 aliphatic rings. The predicted molar refractivity (Wildman–Crippen MR) is 77.6 cm³/mol. The Bertz CT molecular complexity index is 463. The Morgan fingerprint density at radius 2 is 2.05 bits per heavy atom. The lowest BCUT2D eigenvalue weighted by Gasteiger charge is -2.11. The third-order valence-electron chi connectivity index (χ3n) is 2.55. The van der Waals surface area contributed by atoms with E-state index in [0.717, 1.165) is 19.3 Å². The van der Waals surface area contributed by atoms with E-state index in [9.17, 15) is 9.59 Å². The molecule has 0 bridgehead atoms. The molecule has 19 heavy (non-hydrogen) atoms. The van der Waals surface area contributed by atoms with E-state index in [4.69, 9.17) is 5.11 Å². The number of aromatic carboxylic acids is 1. The van der Waals surface area contributed by atoms with Gasteiger partial charge in [0.05, 0.1) is 11.3 Å². The molecule has 0 aliphatic carbocycles. The molecule has 0 atom stereocenters. The molecule has 3 N–H and O–H groups in total. The molecule has 0 radical (unpaired) electrons. The normalized spacial score (nSPS) is 10.0. The summed E-state index contributed by atoms with van der Waals surface area (Å²) >= 11 is 3.23. The number of unbranched alkanes of at least 4 members (excludes halogenated alkanes) is 2. The summed E-state index contributed by atoms with van der Waals surface area (Å²) in [5.41, 5.74) is 0.320. The molecular weight excluding hydrogens is 312 g/mol. The Labute approximate surface area is 120 Å². The molecule has 6 heteroatoms. The number of hydrogen-bond donors (Lipinski definition) is 3. The number of anilines is 1. The monoisotopic (exact) mass is 328 g/mol. The summed E-state index contributed by atoms with van der Waals surface area (Å²) in [6.45, 7) is 2.66. The van der Waals surface area contributed by atoms with Gasteiger partial charge in [0.15, 0.2) is 0 Å². The molecule has 0 aromatic heterocycles. The summed E-state index contributed by atoms with van der Waals surface area (Å²) in [5, 5.41) is 14.3. The summed E-state index contributed by atoms with van der Waals surface area (Å²) in [6.07, 6.45) is 3.04. The van der Waals surface area contributed by atoms with Crippen LogP contribution in [0.2, 0.25) is 0 Å². The zero-order valence-electron chi connectivity index (χ0n) is 10.7. The first kappa shape index (κ1) is 15.5. The van der Waals surface area contributed by atoms with E-state index in [-0.39, 0.29) is 11.3 Å². The third kappa shape index (κ3) is 4.90. The Kier molecular flexibility index (Phi) is 6.35. The van der Waals surface area contributed by atoms with Gasteiger partial charge in [0, 0.05) is 11.0 Å². The van der Waals surface area contributed by atoms with Crippen molar-refractivity contribution in [2.75, 3.05) is 11.9 Å². The van der Waals surface area contributed by atoms with Crippen LogP contribution in [-0.4, -0.2) is 23.7 Å². The molecule has 104 valence electrons. The van der Waals surface area contributed by atoms with Crippen LogP contribution in [0.25, 0.3) is 0 Å². The van der Waals surface area contributed by atoms with Crippen LogP contribution in [0.4, 0.5) is 10.5 Å². The van der Waals surface area contributed by atoms with Crippen LogP contribution < -0.4 is 10.6 Å². The minimum Gasteiger partial charge on any atom is -0.478 e. The molecule has 1 rings (SSSR count). The van der Waals surface area contributed by atoms with Gasteiger partial charge in [-0.05, 0) is 34.5 Å². The predicted octanol–water partition coefficient (Wildman–Crippen LogP) is 3.46. The summed E-state index contributed by atoms with van der Waals surface area (Å²) < 4.78 is 0.538. The fourth-order valence-corrected chi connectivity index (χ4v) is 2.03. The number of rotatable bonds is 6. The second-order valence-electron chi connectivity index (χ2n) is 4.06. The van der Waals surface area contributed by atoms with Gasteiger partial charge in [0.1, 0.15) is 0 Å². The Morgan fingerprint density at radius 1 is 1.32 bits per heavy atom. The van der Waals surface area contributed by atoms with Crippen molar-refractivity contribution in [1.29, 1.82) is 0 Å². The van der Waals surface area contributed by atoms with Gasteiger partial charge < -0.3 is 15.7 Å². The van der Waals surface area contributed by atoms with E-state index in [1.165, 1.54) is 6.07 Å². The van der Waals surface area contributed by atoms with Gasteiger partial charge in [0.2, 0.25) is 0 Å². The fourth-order valence-electron chi connectivity index (χ4n) is 1.56. The molecule has 2 amide bonds. The van der Waals surface area contributed by atoms with E-state index < -0.39 is 12.0 Å². The maximum atomic E-state index is 11.7. The number of carboxylic acid groups (broad SMARTS) is 1. The van der Waals surface area contributed by atoms with Crippen molar-refractivity contribution in [2.45, 2.75) is 26.2 Å². The quantitative estimate of drug-likeness (QED) is 0.700. The number of urea groups is 1. The molecule has 0 spiro atoms. The van der Waals surface area contributed by atoms with Gasteiger partial charge in [-0.25, -0.2) is 9.59 Å². The van der Waals surface area contributed by atoms with Gasteiger partial charge in [0.25, 0.3) is 0 Å². The summed E-state index contributed by atoms with van der Waals surface area (Å²) in [7, 11) is 0. The molecule has 0 aliphatic heterocycles.